The number of hydrogen-bond donors (Lipinski definition) is 0. The molecule has 0 saturated carbocycles. The van der Waals surface area contributed by atoms with Gasteiger partial charge >= 0.3 is 0 Å². The van der Waals surface area contributed by atoms with Gasteiger partial charge in [-0.25, -0.2) is 4.39 Å². The van der Waals surface area contributed by atoms with E-state index in [0.717, 1.165) is 53.5 Å². The van der Waals surface area contributed by atoms with Crippen LogP contribution in [-0.2, 0) is 23.2 Å². The van der Waals surface area contributed by atoms with Crippen LogP contribution in [0.2, 0.25) is 0 Å². The molecule has 0 unspecified atom stereocenters. The van der Waals surface area contributed by atoms with E-state index in [0.29, 0.717) is 10.9 Å². The fraction of sp³-hybridized carbons (Fsp3) is 0.300. The molecule has 1 amide bonds. The van der Waals surface area contributed by atoms with Crippen LogP contribution in [0.15, 0.2) is 60.8 Å². The standard InChI is InChI=1S/C30H31FN4O2/c1-20(36)10-11-21-6-4-9-26(16-21)35(30(37)22-12-14-33(2)15-13-22)19-24-8-5-7-23-17-25-18-32-34(3)29(25)28(31)27(23)24/h4-11,16-18,22H,12-15,19H2,1-3H3/b11-10+. The zero-order valence-electron chi connectivity index (χ0n) is 21.4. The molecule has 0 spiro atoms. The number of allylic oxidation sites excluding steroid dienone is 1. The lowest BCUT2D eigenvalue weighted by atomic mass is 9.94. The Balaban J connectivity index is 1.59. The first-order valence-electron chi connectivity index (χ1n) is 12.6. The van der Waals surface area contributed by atoms with Crippen molar-refractivity contribution >= 4 is 45.1 Å². The van der Waals surface area contributed by atoms with E-state index in [-0.39, 0.29) is 30.0 Å². The van der Waals surface area contributed by atoms with Gasteiger partial charge in [-0.05, 0) is 80.7 Å². The van der Waals surface area contributed by atoms with Crippen molar-refractivity contribution in [2.45, 2.75) is 26.3 Å². The summed E-state index contributed by atoms with van der Waals surface area (Å²) >= 11 is 0. The topological polar surface area (TPSA) is 58.4 Å². The maximum Gasteiger partial charge on any atom is 0.230 e. The first-order chi connectivity index (χ1) is 17.8. The smallest absolute Gasteiger partial charge is 0.230 e. The Kier molecular flexibility index (Phi) is 6.89. The molecule has 0 radical (unpaired) electrons. The summed E-state index contributed by atoms with van der Waals surface area (Å²) in [5.41, 5.74) is 2.75. The number of ketones is 1. The molecular weight excluding hydrogens is 467 g/mol. The minimum absolute atomic E-state index is 0.0415. The molecule has 5 rings (SSSR count). The average molecular weight is 499 g/mol. The predicted octanol–water partition coefficient (Wildman–Crippen LogP) is 5.34. The van der Waals surface area contributed by atoms with Crippen molar-refractivity contribution < 1.29 is 14.0 Å². The molecule has 0 aliphatic carbocycles. The van der Waals surface area contributed by atoms with Crippen LogP contribution in [0.1, 0.15) is 30.9 Å². The van der Waals surface area contributed by atoms with Crippen molar-refractivity contribution in [3.63, 3.8) is 0 Å². The maximum atomic E-state index is 15.9. The van der Waals surface area contributed by atoms with Gasteiger partial charge in [0, 0.05) is 29.4 Å². The molecule has 0 N–H and O–H groups in total. The zero-order valence-corrected chi connectivity index (χ0v) is 21.4. The Morgan fingerprint density at radius 2 is 1.84 bits per heavy atom. The normalized spacial score (nSPS) is 15.1. The SMILES string of the molecule is CC(=O)/C=C/c1cccc(N(Cc2cccc3cc4cnn(C)c4c(F)c23)C(=O)C2CCN(C)CC2)c1. The number of fused-ring (bicyclic) bond motifs is 2. The number of halogens is 1. The number of rotatable bonds is 6. The van der Waals surface area contributed by atoms with Crippen molar-refractivity contribution in [2.24, 2.45) is 13.0 Å². The second-order valence-electron chi connectivity index (χ2n) is 9.95. The maximum absolute atomic E-state index is 15.9. The first kappa shape index (κ1) is 24.8. The van der Waals surface area contributed by atoms with Crippen LogP contribution in [0.5, 0.6) is 0 Å². The lowest BCUT2D eigenvalue weighted by Gasteiger charge is -2.33. The molecule has 1 aliphatic heterocycles. The van der Waals surface area contributed by atoms with Gasteiger partial charge in [-0.15, -0.1) is 0 Å². The van der Waals surface area contributed by atoms with Crippen molar-refractivity contribution in [3.05, 3.63) is 77.7 Å². The summed E-state index contributed by atoms with van der Waals surface area (Å²) in [6.45, 7) is 3.48. The van der Waals surface area contributed by atoms with E-state index < -0.39 is 0 Å². The Morgan fingerprint density at radius 1 is 1.08 bits per heavy atom. The summed E-state index contributed by atoms with van der Waals surface area (Å²) < 4.78 is 17.5. The summed E-state index contributed by atoms with van der Waals surface area (Å²) in [6, 6.07) is 15.2. The van der Waals surface area contributed by atoms with E-state index in [4.69, 9.17) is 0 Å². The fourth-order valence-corrected chi connectivity index (χ4v) is 5.21. The van der Waals surface area contributed by atoms with Crippen LogP contribution in [-0.4, -0.2) is 46.5 Å². The molecule has 4 aromatic rings. The van der Waals surface area contributed by atoms with Gasteiger partial charge in [-0.3, -0.25) is 14.3 Å². The second-order valence-corrected chi connectivity index (χ2v) is 9.95. The lowest BCUT2D eigenvalue weighted by Crippen LogP contribution is -2.41. The highest BCUT2D eigenvalue weighted by molar-refractivity contribution is 6.01. The Morgan fingerprint density at radius 3 is 2.59 bits per heavy atom. The monoisotopic (exact) mass is 498 g/mol. The van der Waals surface area contributed by atoms with Crippen molar-refractivity contribution in [2.75, 3.05) is 25.0 Å². The number of anilines is 1. The van der Waals surface area contributed by atoms with Crippen LogP contribution in [0, 0.1) is 11.7 Å². The van der Waals surface area contributed by atoms with E-state index in [1.165, 1.54) is 13.0 Å². The Hall–Kier alpha value is -3.84. The molecule has 0 bridgehead atoms. The first-order valence-corrected chi connectivity index (χ1v) is 12.6. The summed E-state index contributed by atoms with van der Waals surface area (Å²) in [5.74, 6) is -0.429. The number of hydrogen-bond acceptors (Lipinski definition) is 4. The van der Waals surface area contributed by atoms with Gasteiger partial charge in [0.15, 0.2) is 11.6 Å². The highest BCUT2D eigenvalue weighted by atomic mass is 19.1. The number of carbonyl (C=O) groups excluding carboxylic acids is 2. The van der Waals surface area contributed by atoms with Gasteiger partial charge in [0.05, 0.1) is 12.7 Å². The van der Waals surface area contributed by atoms with Gasteiger partial charge in [-0.1, -0.05) is 36.4 Å². The van der Waals surface area contributed by atoms with E-state index in [2.05, 4.69) is 17.0 Å². The third-order valence-electron chi connectivity index (χ3n) is 7.24. The predicted molar refractivity (Wildman–Crippen MR) is 146 cm³/mol. The highest BCUT2D eigenvalue weighted by Gasteiger charge is 2.29. The Bertz CT molecular complexity index is 1520. The largest absolute Gasteiger partial charge is 0.308 e. The van der Waals surface area contributed by atoms with E-state index in [9.17, 15) is 9.59 Å². The molecule has 190 valence electrons. The second kappa shape index (κ2) is 10.3. The molecule has 1 aromatic heterocycles. The van der Waals surface area contributed by atoms with Crippen LogP contribution in [0.4, 0.5) is 10.1 Å². The lowest BCUT2D eigenvalue weighted by molar-refractivity contribution is -0.123. The van der Waals surface area contributed by atoms with Gasteiger partial charge in [0.2, 0.25) is 5.91 Å². The number of benzene rings is 3. The van der Waals surface area contributed by atoms with Gasteiger partial charge in [0.25, 0.3) is 0 Å². The average Bonchev–Trinajstić information content (AvgIpc) is 3.26. The van der Waals surface area contributed by atoms with Gasteiger partial charge < -0.3 is 9.80 Å². The van der Waals surface area contributed by atoms with E-state index in [1.54, 1.807) is 28.9 Å². The molecule has 2 heterocycles. The third-order valence-corrected chi connectivity index (χ3v) is 7.24. The quantitative estimate of drug-likeness (QED) is 0.337. The van der Waals surface area contributed by atoms with E-state index >= 15 is 4.39 Å². The number of nitrogens with zero attached hydrogens (tertiary/aromatic N) is 4. The molecule has 3 aromatic carbocycles. The zero-order chi connectivity index (χ0) is 26.1. The van der Waals surface area contributed by atoms with E-state index in [1.807, 2.05) is 48.5 Å². The summed E-state index contributed by atoms with van der Waals surface area (Å²) in [6.07, 6.45) is 6.51. The van der Waals surface area contributed by atoms with Crippen molar-refractivity contribution in [1.29, 1.82) is 0 Å². The van der Waals surface area contributed by atoms with Crippen LogP contribution >= 0.6 is 0 Å². The molecule has 1 aliphatic rings. The highest BCUT2D eigenvalue weighted by Crippen LogP contribution is 2.32. The number of aromatic nitrogens is 2. The molecule has 0 atom stereocenters. The van der Waals surface area contributed by atoms with Crippen molar-refractivity contribution in [1.82, 2.24) is 14.7 Å². The minimum atomic E-state index is -0.326. The Labute approximate surface area is 216 Å². The fourth-order valence-electron chi connectivity index (χ4n) is 5.21. The number of amides is 1. The molecule has 6 nitrogen and oxygen atoms in total. The summed E-state index contributed by atoms with van der Waals surface area (Å²) in [7, 11) is 3.80. The molecular formula is C30H31FN4O2. The molecule has 7 heteroatoms. The molecule has 1 fully saturated rings. The van der Waals surface area contributed by atoms with Gasteiger partial charge in [-0.2, -0.15) is 5.10 Å². The van der Waals surface area contributed by atoms with Crippen LogP contribution in [0.25, 0.3) is 27.8 Å². The minimum Gasteiger partial charge on any atom is -0.308 e. The number of aryl methyl sites for hydroxylation is 1. The van der Waals surface area contributed by atoms with Crippen LogP contribution < -0.4 is 4.90 Å². The van der Waals surface area contributed by atoms with Crippen LogP contribution in [0.3, 0.4) is 0 Å². The van der Waals surface area contributed by atoms with Crippen molar-refractivity contribution in [3.8, 4) is 0 Å². The summed E-state index contributed by atoms with van der Waals surface area (Å²) in [5, 5.41) is 6.26. The van der Waals surface area contributed by atoms with Gasteiger partial charge in [0.1, 0.15) is 5.52 Å². The molecule has 37 heavy (non-hydrogen) atoms. The number of piperidine rings is 1. The number of likely N-dealkylation sites (tertiary alicyclic amines) is 1. The third kappa shape index (κ3) is 5.04. The number of carbonyl (C=O) groups is 2. The summed E-state index contributed by atoms with van der Waals surface area (Å²) in [4.78, 5) is 29.5. The molecule has 1 saturated heterocycles.